The maximum Gasteiger partial charge on any atom is 0.275 e. The van der Waals surface area contributed by atoms with E-state index in [-0.39, 0.29) is 22.6 Å². The van der Waals surface area contributed by atoms with E-state index in [0.29, 0.717) is 16.6 Å². The van der Waals surface area contributed by atoms with Crippen LogP contribution in [0.3, 0.4) is 0 Å². The molecule has 1 aromatic heterocycles. The van der Waals surface area contributed by atoms with Gasteiger partial charge in [-0.3, -0.25) is 19.7 Å². The first-order valence-electron chi connectivity index (χ1n) is 8.67. The van der Waals surface area contributed by atoms with Crippen LogP contribution in [0, 0.1) is 10.1 Å². The molecule has 3 aromatic carbocycles. The number of nitro benzene ring substituents is 1. The number of hydrogen-bond donors (Lipinski definition) is 2. The van der Waals surface area contributed by atoms with Crippen LogP contribution in [0.1, 0.15) is 10.4 Å². The molecule has 1 amide bonds. The number of nitro groups is 1. The van der Waals surface area contributed by atoms with E-state index in [1.54, 1.807) is 54.6 Å². The van der Waals surface area contributed by atoms with Crippen LogP contribution >= 0.6 is 0 Å². The van der Waals surface area contributed by atoms with Gasteiger partial charge < -0.3 is 10.3 Å². The first-order chi connectivity index (χ1) is 14.0. The maximum absolute atomic E-state index is 12.6. The van der Waals surface area contributed by atoms with Crippen LogP contribution in [0.25, 0.3) is 22.3 Å². The third-order valence-electron chi connectivity index (χ3n) is 4.35. The number of carbonyl (C=O) groups is 1. The molecular weight excluding hydrogens is 372 g/mol. The average Bonchev–Trinajstić information content (AvgIpc) is 2.74. The number of carbonyl (C=O) groups excluding carboxylic acids is 1. The molecular formula is C21H14N4O4. The number of para-hydroxylation sites is 2. The smallest absolute Gasteiger partial charge is 0.275 e. The molecule has 0 aliphatic rings. The van der Waals surface area contributed by atoms with Gasteiger partial charge in [0.15, 0.2) is 0 Å². The molecule has 8 heteroatoms. The Morgan fingerprint density at radius 1 is 1.00 bits per heavy atom. The minimum absolute atomic E-state index is 0.0178. The third kappa shape index (κ3) is 3.59. The number of nitrogens with zero attached hydrogens (tertiary/aromatic N) is 2. The van der Waals surface area contributed by atoms with E-state index in [9.17, 15) is 19.7 Å². The molecule has 0 fully saturated rings. The molecule has 8 nitrogen and oxygen atoms in total. The summed E-state index contributed by atoms with van der Waals surface area (Å²) >= 11 is 0. The Kier molecular flexibility index (Phi) is 4.58. The van der Waals surface area contributed by atoms with Gasteiger partial charge in [0.05, 0.1) is 21.6 Å². The quantitative estimate of drug-likeness (QED) is 0.409. The van der Waals surface area contributed by atoms with Crippen LogP contribution in [0.15, 0.2) is 77.6 Å². The van der Waals surface area contributed by atoms with Gasteiger partial charge in [-0.15, -0.1) is 0 Å². The topological polar surface area (TPSA) is 118 Å². The standard InChI is InChI=1S/C21H14N4O4/c26-20(13-6-2-1-3-7-13)23-16-11-10-14(25(28)29)12-15(16)19-21(27)24-18-9-5-4-8-17(18)22-19/h1-12H,(H,23,26)(H,24,27). The summed E-state index contributed by atoms with van der Waals surface area (Å²) in [6.45, 7) is 0. The van der Waals surface area contributed by atoms with Crippen LogP contribution in [0.2, 0.25) is 0 Å². The van der Waals surface area contributed by atoms with Crippen molar-refractivity contribution in [3.05, 3.63) is 98.8 Å². The molecule has 0 saturated carbocycles. The van der Waals surface area contributed by atoms with Crippen molar-refractivity contribution < 1.29 is 9.72 Å². The van der Waals surface area contributed by atoms with Crippen molar-refractivity contribution >= 4 is 28.3 Å². The summed E-state index contributed by atoms with van der Waals surface area (Å²) in [5.41, 5.74) is 1.14. The van der Waals surface area contributed by atoms with Crippen molar-refractivity contribution in [3.63, 3.8) is 0 Å². The summed E-state index contributed by atoms with van der Waals surface area (Å²) < 4.78 is 0. The second-order valence-corrected chi connectivity index (χ2v) is 6.24. The number of rotatable bonds is 4. The molecule has 4 aromatic rings. The highest BCUT2D eigenvalue weighted by Gasteiger charge is 2.18. The molecule has 29 heavy (non-hydrogen) atoms. The fourth-order valence-electron chi connectivity index (χ4n) is 2.95. The van der Waals surface area contributed by atoms with Crippen molar-refractivity contribution in [1.82, 2.24) is 9.97 Å². The van der Waals surface area contributed by atoms with E-state index in [2.05, 4.69) is 15.3 Å². The molecule has 142 valence electrons. The lowest BCUT2D eigenvalue weighted by atomic mass is 10.1. The lowest BCUT2D eigenvalue weighted by Crippen LogP contribution is -2.16. The molecule has 0 bridgehead atoms. The highest BCUT2D eigenvalue weighted by Crippen LogP contribution is 2.30. The van der Waals surface area contributed by atoms with Gasteiger partial charge in [-0.2, -0.15) is 0 Å². The van der Waals surface area contributed by atoms with Crippen LogP contribution in [0.5, 0.6) is 0 Å². The Balaban J connectivity index is 1.86. The molecule has 2 N–H and O–H groups in total. The summed E-state index contributed by atoms with van der Waals surface area (Å²) in [5.74, 6) is -0.405. The van der Waals surface area contributed by atoms with Crippen LogP contribution in [-0.2, 0) is 0 Å². The fourth-order valence-corrected chi connectivity index (χ4v) is 2.95. The van der Waals surface area contributed by atoms with Crippen LogP contribution in [0.4, 0.5) is 11.4 Å². The van der Waals surface area contributed by atoms with E-state index < -0.39 is 16.4 Å². The van der Waals surface area contributed by atoms with Crippen LogP contribution in [-0.4, -0.2) is 20.8 Å². The van der Waals surface area contributed by atoms with Crippen molar-refractivity contribution in [3.8, 4) is 11.3 Å². The number of benzene rings is 3. The number of aromatic nitrogens is 2. The van der Waals surface area contributed by atoms with Gasteiger partial charge in [0.2, 0.25) is 0 Å². The molecule has 0 radical (unpaired) electrons. The van der Waals surface area contributed by atoms with Crippen molar-refractivity contribution in [1.29, 1.82) is 0 Å². The number of amides is 1. The number of aromatic amines is 1. The van der Waals surface area contributed by atoms with Crippen molar-refractivity contribution in [2.45, 2.75) is 0 Å². The average molecular weight is 386 g/mol. The molecule has 0 spiro atoms. The molecule has 0 saturated heterocycles. The first kappa shape index (κ1) is 18.1. The fraction of sp³-hybridized carbons (Fsp3) is 0. The Morgan fingerprint density at radius 3 is 2.48 bits per heavy atom. The van der Waals surface area contributed by atoms with Gasteiger partial charge in [-0.1, -0.05) is 30.3 Å². The summed E-state index contributed by atoms with van der Waals surface area (Å²) in [6.07, 6.45) is 0. The highest BCUT2D eigenvalue weighted by atomic mass is 16.6. The normalized spacial score (nSPS) is 10.6. The number of fused-ring (bicyclic) bond motifs is 1. The van der Waals surface area contributed by atoms with Gasteiger partial charge in [0.25, 0.3) is 17.2 Å². The van der Waals surface area contributed by atoms with Gasteiger partial charge in [0.1, 0.15) is 5.69 Å². The third-order valence-corrected chi connectivity index (χ3v) is 4.35. The Bertz CT molecular complexity index is 1300. The number of non-ortho nitro benzene ring substituents is 1. The van der Waals surface area contributed by atoms with E-state index in [0.717, 1.165) is 0 Å². The monoisotopic (exact) mass is 386 g/mol. The predicted octanol–water partition coefficient (Wildman–Crippen LogP) is 3.75. The van der Waals surface area contributed by atoms with Crippen LogP contribution < -0.4 is 10.9 Å². The molecule has 4 rings (SSSR count). The second-order valence-electron chi connectivity index (χ2n) is 6.24. The molecule has 0 atom stereocenters. The largest absolute Gasteiger partial charge is 0.321 e. The predicted molar refractivity (Wildman–Crippen MR) is 109 cm³/mol. The number of anilines is 1. The zero-order valence-electron chi connectivity index (χ0n) is 15.0. The van der Waals surface area contributed by atoms with E-state index in [1.807, 2.05) is 0 Å². The molecule has 0 unspecified atom stereocenters. The minimum Gasteiger partial charge on any atom is -0.321 e. The zero-order valence-corrected chi connectivity index (χ0v) is 15.0. The van der Waals surface area contributed by atoms with Gasteiger partial charge in [0, 0.05) is 23.3 Å². The van der Waals surface area contributed by atoms with Crippen molar-refractivity contribution in [2.75, 3.05) is 5.32 Å². The SMILES string of the molecule is O=C(Nc1ccc([N+](=O)[O-])cc1-c1nc2ccccc2[nH]c1=O)c1ccccc1. The minimum atomic E-state index is -0.568. The molecule has 1 heterocycles. The summed E-state index contributed by atoms with van der Waals surface area (Å²) in [6, 6.07) is 19.4. The number of nitrogens with one attached hydrogen (secondary N) is 2. The van der Waals surface area contributed by atoms with Gasteiger partial charge in [-0.05, 0) is 30.3 Å². The van der Waals surface area contributed by atoms with E-state index in [1.165, 1.54) is 18.2 Å². The summed E-state index contributed by atoms with van der Waals surface area (Å²) in [4.78, 5) is 43.0. The van der Waals surface area contributed by atoms with E-state index in [4.69, 9.17) is 0 Å². The Morgan fingerprint density at radius 2 is 1.72 bits per heavy atom. The number of H-pyrrole nitrogens is 1. The second kappa shape index (κ2) is 7.35. The molecule has 0 aliphatic heterocycles. The van der Waals surface area contributed by atoms with E-state index >= 15 is 0 Å². The van der Waals surface area contributed by atoms with Gasteiger partial charge in [-0.25, -0.2) is 4.98 Å². The van der Waals surface area contributed by atoms with Crippen molar-refractivity contribution in [2.24, 2.45) is 0 Å². The number of hydrogen-bond acceptors (Lipinski definition) is 5. The van der Waals surface area contributed by atoms with Gasteiger partial charge >= 0.3 is 0 Å². The lowest BCUT2D eigenvalue weighted by Gasteiger charge is -2.11. The first-order valence-corrected chi connectivity index (χ1v) is 8.67. The highest BCUT2D eigenvalue weighted by molar-refractivity contribution is 6.06. The maximum atomic E-state index is 12.6. The zero-order chi connectivity index (χ0) is 20.4. The lowest BCUT2D eigenvalue weighted by molar-refractivity contribution is -0.384. The summed E-state index contributed by atoms with van der Waals surface area (Å²) in [7, 11) is 0. The molecule has 0 aliphatic carbocycles. The Labute approximate surface area is 164 Å². The summed E-state index contributed by atoms with van der Waals surface area (Å²) in [5, 5.41) is 14.0. The Hall–Kier alpha value is -4.33.